The summed E-state index contributed by atoms with van der Waals surface area (Å²) < 4.78 is 27.7. The molecule has 2 N–H and O–H groups in total. The minimum atomic E-state index is -3.82. The van der Waals surface area contributed by atoms with Crippen molar-refractivity contribution in [2.45, 2.75) is 4.90 Å². The van der Waals surface area contributed by atoms with Crippen LogP contribution in [-0.4, -0.2) is 25.1 Å². The van der Waals surface area contributed by atoms with Gasteiger partial charge in [-0.25, -0.2) is 13.4 Å². The maximum absolute atomic E-state index is 13.3. The number of benzene rings is 4. The van der Waals surface area contributed by atoms with E-state index in [1.54, 1.807) is 24.3 Å². The molecule has 7 nitrogen and oxygen atoms in total. The predicted octanol–water partition coefficient (Wildman–Crippen LogP) is 6.75. The molecule has 1 aromatic heterocycles. The van der Waals surface area contributed by atoms with Crippen LogP contribution in [-0.2, 0) is 10.0 Å². The van der Waals surface area contributed by atoms with E-state index in [9.17, 15) is 18.0 Å². The summed E-state index contributed by atoms with van der Waals surface area (Å²) >= 11 is 6.93. The van der Waals surface area contributed by atoms with Crippen LogP contribution < -0.4 is 10.0 Å². The summed E-state index contributed by atoms with van der Waals surface area (Å²) in [7, 11) is -3.82. The van der Waals surface area contributed by atoms with E-state index in [1.807, 2.05) is 36.4 Å². The van der Waals surface area contributed by atoms with E-state index in [2.05, 4.69) is 15.0 Å². The Morgan fingerprint density at radius 1 is 0.744 bits per heavy atom. The van der Waals surface area contributed by atoms with Crippen LogP contribution in [0.5, 0.6) is 0 Å². The van der Waals surface area contributed by atoms with Crippen LogP contribution in [0.15, 0.2) is 114 Å². The number of ketones is 1. The lowest BCUT2D eigenvalue weighted by atomic mass is 10.1. The van der Waals surface area contributed by atoms with Crippen LogP contribution in [0.1, 0.15) is 25.6 Å². The molecule has 0 aliphatic heterocycles. The maximum atomic E-state index is 13.3. The van der Waals surface area contributed by atoms with Gasteiger partial charge < -0.3 is 0 Å². The van der Waals surface area contributed by atoms with Gasteiger partial charge in [0, 0.05) is 27.4 Å². The third-order valence-corrected chi connectivity index (χ3v) is 8.28. The molecule has 1 amide bonds. The summed E-state index contributed by atoms with van der Waals surface area (Å²) in [4.78, 5) is 31.3. The molecule has 0 saturated carbocycles. The first kappa shape index (κ1) is 26.3. The highest BCUT2D eigenvalue weighted by atomic mass is 35.5. The minimum Gasteiger partial charge on any atom is -0.298 e. The lowest BCUT2D eigenvalue weighted by molar-refractivity contribution is 0.102. The molecule has 0 radical (unpaired) electrons. The van der Waals surface area contributed by atoms with Gasteiger partial charge in [-0.2, -0.15) is 0 Å². The molecular formula is C29H20ClN3O4S2. The Labute approximate surface area is 234 Å². The Balaban J connectivity index is 1.36. The highest BCUT2D eigenvalue weighted by molar-refractivity contribution is 7.92. The number of carbonyl (C=O) groups is 2. The highest BCUT2D eigenvalue weighted by Gasteiger charge is 2.22. The molecule has 4 aromatic carbocycles. The standard InChI is InChI=1S/C29H20ClN3O4S2/c30-22-13-17-24(18-14-22)39(36,37)33-23-15-11-21(12-16-23)28(35)32-29-31-25(19-7-3-1-4-8-19)27(38-29)26(34)20-9-5-2-6-10-20/h1-18,33H,(H,31,32,35). The first-order valence-corrected chi connectivity index (χ1v) is 14.3. The monoisotopic (exact) mass is 573 g/mol. The van der Waals surface area contributed by atoms with Crippen molar-refractivity contribution < 1.29 is 18.0 Å². The van der Waals surface area contributed by atoms with Crippen molar-refractivity contribution in [2.24, 2.45) is 0 Å². The zero-order valence-corrected chi connectivity index (χ0v) is 22.6. The van der Waals surface area contributed by atoms with Gasteiger partial charge in [-0.05, 0) is 48.5 Å². The van der Waals surface area contributed by atoms with Gasteiger partial charge in [0.25, 0.3) is 15.9 Å². The van der Waals surface area contributed by atoms with Crippen molar-refractivity contribution in [3.63, 3.8) is 0 Å². The molecule has 0 spiro atoms. The van der Waals surface area contributed by atoms with Gasteiger partial charge in [0.15, 0.2) is 5.13 Å². The molecule has 0 fully saturated rings. The minimum absolute atomic E-state index is 0.0626. The number of thiazole rings is 1. The van der Waals surface area contributed by atoms with Crippen LogP contribution >= 0.6 is 22.9 Å². The Morgan fingerprint density at radius 3 is 2.00 bits per heavy atom. The quantitative estimate of drug-likeness (QED) is 0.200. The third-order valence-electron chi connectivity index (χ3n) is 5.66. The van der Waals surface area contributed by atoms with Gasteiger partial charge in [-0.3, -0.25) is 19.6 Å². The lowest BCUT2D eigenvalue weighted by Gasteiger charge is -2.09. The second-order valence-electron chi connectivity index (χ2n) is 8.35. The second kappa shape index (κ2) is 11.2. The molecule has 0 bridgehead atoms. The zero-order valence-electron chi connectivity index (χ0n) is 20.2. The number of hydrogen-bond acceptors (Lipinski definition) is 6. The van der Waals surface area contributed by atoms with Gasteiger partial charge >= 0.3 is 0 Å². The number of nitrogens with zero attached hydrogens (tertiary/aromatic N) is 1. The van der Waals surface area contributed by atoms with Crippen LogP contribution in [0.2, 0.25) is 5.02 Å². The Morgan fingerprint density at radius 2 is 1.36 bits per heavy atom. The number of halogens is 1. The lowest BCUT2D eigenvalue weighted by Crippen LogP contribution is -2.14. The average Bonchev–Trinajstić information content (AvgIpc) is 3.37. The van der Waals surface area contributed by atoms with Gasteiger partial charge in [0.05, 0.1) is 10.6 Å². The second-order valence-corrected chi connectivity index (χ2v) is 11.5. The van der Waals surface area contributed by atoms with Crippen molar-refractivity contribution in [1.82, 2.24) is 4.98 Å². The fraction of sp³-hybridized carbons (Fsp3) is 0. The number of aromatic nitrogens is 1. The van der Waals surface area contributed by atoms with Crippen LogP contribution in [0.25, 0.3) is 11.3 Å². The predicted molar refractivity (Wildman–Crippen MR) is 154 cm³/mol. The molecule has 5 rings (SSSR count). The first-order valence-electron chi connectivity index (χ1n) is 11.7. The Hall–Kier alpha value is -4.31. The fourth-order valence-corrected chi connectivity index (χ4v) is 5.86. The molecule has 0 unspecified atom stereocenters. The SMILES string of the molecule is O=C(Nc1nc(-c2ccccc2)c(C(=O)c2ccccc2)s1)c1ccc(NS(=O)(=O)c2ccc(Cl)cc2)cc1. The van der Waals surface area contributed by atoms with Crippen molar-refractivity contribution in [3.8, 4) is 11.3 Å². The Bertz CT molecular complexity index is 1740. The van der Waals surface area contributed by atoms with Crippen molar-refractivity contribution >= 4 is 55.5 Å². The molecule has 0 aliphatic rings. The summed E-state index contributed by atoms with van der Waals surface area (Å²) in [6.45, 7) is 0. The molecule has 194 valence electrons. The number of sulfonamides is 1. The normalized spacial score (nSPS) is 11.1. The fourth-order valence-electron chi connectivity index (χ4n) is 3.73. The van der Waals surface area contributed by atoms with Crippen molar-refractivity contribution in [1.29, 1.82) is 0 Å². The molecule has 39 heavy (non-hydrogen) atoms. The highest BCUT2D eigenvalue weighted by Crippen LogP contribution is 2.33. The van der Waals surface area contributed by atoms with Crippen molar-refractivity contribution in [3.05, 3.63) is 130 Å². The largest absolute Gasteiger partial charge is 0.298 e. The van der Waals surface area contributed by atoms with E-state index in [-0.39, 0.29) is 27.1 Å². The third kappa shape index (κ3) is 6.06. The molecule has 10 heteroatoms. The number of hydrogen-bond donors (Lipinski definition) is 2. The number of amides is 1. The number of rotatable bonds is 8. The van der Waals surface area contributed by atoms with Gasteiger partial charge in [0.1, 0.15) is 4.88 Å². The first-order chi connectivity index (χ1) is 18.8. The van der Waals surface area contributed by atoms with E-state index < -0.39 is 15.9 Å². The van der Waals surface area contributed by atoms with E-state index in [0.717, 1.165) is 16.9 Å². The topological polar surface area (TPSA) is 105 Å². The van der Waals surface area contributed by atoms with E-state index in [1.165, 1.54) is 48.5 Å². The summed E-state index contributed by atoms with van der Waals surface area (Å²) in [5.41, 5.74) is 2.34. The van der Waals surface area contributed by atoms with E-state index >= 15 is 0 Å². The maximum Gasteiger partial charge on any atom is 0.261 e. The van der Waals surface area contributed by atoms with E-state index in [4.69, 9.17) is 11.6 Å². The van der Waals surface area contributed by atoms with Crippen LogP contribution in [0, 0.1) is 0 Å². The smallest absolute Gasteiger partial charge is 0.261 e. The molecule has 0 aliphatic carbocycles. The zero-order chi connectivity index (χ0) is 27.4. The summed E-state index contributed by atoms with van der Waals surface area (Å²) in [5, 5.41) is 3.46. The molecule has 1 heterocycles. The van der Waals surface area contributed by atoms with Gasteiger partial charge in [-0.15, -0.1) is 0 Å². The Kier molecular flexibility index (Phi) is 7.56. The van der Waals surface area contributed by atoms with Gasteiger partial charge in [-0.1, -0.05) is 83.6 Å². The number of nitrogens with one attached hydrogen (secondary N) is 2. The van der Waals surface area contributed by atoms with Crippen LogP contribution in [0.3, 0.4) is 0 Å². The van der Waals surface area contributed by atoms with Crippen molar-refractivity contribution in [2.75, 3.05) is 10.0 Å². The van der Waals surface area contributed by atoms with E-state index in [0.29, 0.717) is 21.2 Å². The molecular weight excluding hydrogens is 554 g/mol. The number of anilines is 2. The summed E-state index contributed by atoms with van der Waals surface area (Å²) in [5.74, 6) is -0.640. The number of carbonyl (C=O) groups excluding carboxylic acids is 2. The summed E-state index contributed by atoms with van der Waals surface area (Å²) in [6, 6.07) is 29.9. The van der Waals surface area contributed by atoms with Crippen LogP contribution in [0.4, 0.5) is 10.8 Å². The molecule has 0 atom stereocenters. The average molecular weight is 574 g/mol. The van der Waals surface area contributed by atoms with Gasteiger partial charge in [0.2, 0.25) is 5.78 Å². The molecule has 0 saturated heterocycles. The molecule has 5 aromatic rings. The summed E-state index contributed by atoms with van der Waals surface area (Å²) in [6.07, 6.45) is 0.